The molecule has 6 heteroatoms. The fourth-order valence-corrected chi connectivity index (χ4v) is 3.58. The van der Waals surface area contributed by atoms with Crippen LogP contribution < -0.4 is 0 Å². The Morgan fingerprint density at radius 3 is 2.00 bits per heavy atom. The van der Waals surface area contributed by atoms with E-state index in [2.05, 4.69) is 36.4 Å². The molecule has 0 spiro atoms. The van der Waals surface area contributed by atoms with Gasteiger partial charge in [0.05, 0.1) is 18.1 Å². The van der Waals surface area contributed by atoms with Crippen LogP contribution in [0.5, 0.6) is 0 Å². The van der Waals surface area contributed by atoms with Crippen LogP contribution in [0.25, 0.3) is 11.1 Å². The molecule has 2 rings (SSSR count). The summed E-state index contributed by atoms with van der Waals surface area (Å²) in [6, 6.07) is 18.4. The molecule has 0 heterocycles. The second-order valence-corrected chi connectivity index (χ2v) is 7.79. The van der Waals surface area contributed by atoms with Crippen LogP contribution >= 0.6 is 11.8 Å². The number of thioether (sulfide) groups is 1. The Morgan fingerprint density at radius 1 is 0.839 bits per heavy atom. The lowest BCUT2D eigenvalue weighted by molar-refractivity contribution is -0.140. The highest BCUT2D eigenvalue weighted by Crippen LogP contribution is 2.25. The number of hydrogen-bond acceptors (Lipinski definition) is 6. The molecule has 2 aromatic carbocycles. The number of hydrogen-bond donors (Lipinski definition) is 0. The second-order valence-electron chi connectivity index (χ2n) is 6.77. The first-order valence-corrected chi connectivity index (χ1v) is 11.2. The van der Waals surface area contributed by atoms with Gasteiger partial charge < -0.3 is 14.4 Å². The van der Waals surface area contributed by atoms with Crippen molar-refractivity contribution in [2.24, 2.45) is 0 Å². The van der Waals surface area contributed by atoms with E-state index in [1.165, 1.54) is 11.8 Å². The Labute approximate surface area is 188 Å². The summed E-state index contributed by atoms with van der Waals surface area (Å²) in [7, 11) is 3.50. The van der Waals surface area contributed by atoms with Crippen LogP contribution in [0.3, 0.4) is 0 Å². The summed E-state index contributed by atoms with van der Waals surface area (Å²) in [6.45, 7) is 4.09. The molecule has 0 aliphatic carbocycles. The summed E-state index contributed by atoms with van der Waals surface area (Å²) in [5.41, 5.74) is 3.75. The molecule has 0 radical (unpaired) electrons. The Bertz CT molecular complexity index is 918. The number of carbonyl (C=O) groups excluding carboxylic acids is 2. The highest BCUT2D eigenvalue weighted by atomic mass is 32.2. The van der Waals surface area contributed by atoms with Crippen molar-refractivity contribution >= 4 is 23.7 Å². The molecule has 0 aromatic heterocycles. The van der Waals surface area contributed by atoms with Crippen LogP contribution in [0, 0.1) is 0 Å². The van der Waals surface area contributed by atoms with Gasteiger partial charge in [0.15, 0.2) is 0 Å². The number of rotatable bonds is 10. The van der Waals surface area contributed by atoms with E-state index in [9.17, 15) is 9.59 Å². The van der Waals surface area contributed by atoms with Crippen LogP contribution in [0.4, 0.5) is 0 Å². The number of ether oxygens (including phenoxy) is 2. The predicted octanol–water partition coefficient (Wildman–Crippen LogP) is 5.04. The van der Waals surface area contributed by atoms with Gasteiger partial charge in [-0.1, -0.05) is 54.6 Å². The molecule has 0 fully saturated rings. The quantitative estimate of drug-likeness (QED) is 0.294. The normalized spacial score (nSPS) is 11.7. The second kappa shape index (κ2) is 12.6. The van der Waals surface area contributed by atoms with Gasteiger partial charge in [-0.2, -0.15) is 0 Å². The molecule has 0 aliphatic heterocycles. The third-order valence-electron chi connectivity index (χ3n) is 4.29. The number of carbonyl (C=O) groups is 2. The maximum atomic E-state index is 12.4. The van der Waals surface area contributed by atoms with Crippen molar-refractivity contribution in [1.29, 1.82) is 0 Å². The molecule has 164 valence electrons. The minimum atomic E-state index is -0.437. The fourth-order valence-electron chi connectivity index (χ4n) is 2.72. The Morgan fingerprint density at radius 2 is 1.42 bits per heavy atom. The molecule has 0 N–H and O–H groups in total. The van der Waals surface area contributed by atoms with Crippen molar-refractivity contribution in [2.75, 3.05) is 27.3 Å². The predicted molar refractivity (Wildman–Crippen MR) is 126 cm³/mol. The number of likely N-dealkylation sites (N-methyl/N-ethyl adjacent to an activating group) is 1. The molecule has 0 amide bonds. The van der Waals surface area contributed by atoms with Gasteiger partial charge in [-0.25, -0.2) is 9.59 Å². The molecule has 0 unspecified atom stereocenters. The monoisotopic (exact) mass is 439 g/mol. The molecule has 0 saturated heterocycles. The third kappa shape index (κ3) is 7.64. The molecule has 2 aromatic rings. The first-order chi connectivity index (χ1) is 15.0. The van der Waals surface area contributed by atoms with Gasteiger partial charge in [-0.05, 0) is 42.7 Å². The molecule has 0 bridgehead atoms. The Balaban J connectivity index is 2.17. The first kappa shape index (κ1) is 24.3. The van der Waals surface area contributed by atoms with Gasteiger partial charge >= 0.3 is 11.9 Å². The highest BCUT2D eigenvalue weighted by Gasteiger charge is 2.15. The smallest absolute Gasteiger partial charge is 0.354 e. The van der Waals surface area contributed by atoms with Crippen molar-refractivity contribution in [2.45, 2.75) is 19.6 Å². The van der Waals surface area contributed by atoms with Crippen molar-refractivity contribution < 1.29 is 19.1 Å². The van der Waals surface area contributed by atoms with E-state index in [-0.39, 0.29) is 13.2 Å². The minimum Gasteiger partial charge on any atom is -0.462 e. The fraction of sp³-hybridized carbons (Fsp3) is 0.280. The molecule has 0 saturated carbocycles. The van der Waals surface area contributed by atoms with Crippen molar-refractivity contribution in [3.05, 3.63) is 82.9 Å². The van der Waals surface area contributed by atoms with Crippen LogP contribution in [0.1, 0.15) is 19.4 Å². The van der Waals surface area contributed by atoms with Crippen LogP contribution in [0.2, 0.25) is 0 Å². The summed E-state index contributed by atoms with van der Waals surface area (Å²) < 4.78 is 10.3. The van der Waals surface area contributed by atoms with E-state index in [1.807, 2.05) is 18.2 Å². The molecular weight excluding hydrogens is 410 g/mol. The molecule has 0 atom stereocenters. The van der Waals surface area contributed by atoms with Crippen LogP contribution in [-0.2, 0) is 24.8 Å². The average molecular weight is 440 g/mol. The third-order valence-corrected chi connectivity index (χ3v) is 5.38. The van der Waals surface area contributed by atoms with Gasteiger partial charge in [-0.3, -0.25) is 0 Å². The zero-order chi connectivity index (χ0) is 22.6. The molecule has 5 nitrogen and oxygen atoms in total. The van der Waals surface area contributed by atoms with E-state index in [1.54, 1.807) is 45.0 Å². The Kier molecular flexibility index (Phi) is 9.91. The van der Waals surface area contributed by atoms with Gasteiger partial charge in [0.2, 0.25) is 0 Å². The number of allylic oxidation sites excluding steroid dienone is 2. The van der Waals surface area contributed by atoms with Gasteiger partial charge in [0, 0.05) is 19.8 Å². The van der Waals surface area contributed by atoms with Gasteiger partial charge in [0.1, 0.15) is 5.70 Å². The standard InChI is InChI=1S/C25H29NO4S/c1-5-29-24(27)22(26(3)4)16-17-23(25(28)30-6-2)31-18-19-12-14-21(15-13-19)20-10-8-7-9-11-20/h7-17H,5-6,18H2,1-4H3. The van der Waals surface area contributed by atoms with Crippen molar-refractivity contribution in [1.82, 2.24) is 4.90 Å². The van der Waals surface area contributed by atoms with E-state index in [0.717, 1.165) is 16.7 Å². The van der Waals surface area contributed by atoms with Gasteiger partial charge in [-0.15, -0.1) is 11.8 Å². The zero-order valence-corrected chi connectivity index (χ0v) is 19.3. The summed E-state index contributed by atoms with van der Waals surface area (Å²) in [6.07, 6.45) is 3.21. The molecule has 31 heavy (non-hydrogen) atoms. The lowest BCUT2D eigenvalue weighted by Gasteiger charge is -2.15. The van der Waals surface area contributed by atoms with Crippen LogP contribution in [0.15, 0.2) is 77.4 Å². The summed E-state index contributed by atoms with van der Waals surface area (Å²) in [5.74, 6) is -0.246. The highest BCUT2D eigenvalue weighted by molar-refractivity contribution is 8.03. The lowest BCUT2D eigenvalue weighted by atomic mass is 10.0. The maximum Gasteiger partial charge on any atom is 0.354 e. The summed E-state index contributed by atoms with van der Waals surface area (Å²) >= 11 is 1.37. The average Bonchev–Trinajstić information content (AvgIpc) is 2.77. The van der Waals surface area contributed by atoms with Crippen molar-refractivity contribution in [3.8, 4) is 11.1 Å². The number of esters is 2. The Hall–Kier alpha value is -2.99. The largest absolute Gasteiger partial charge is 0.462 e. The first-order valence-electron chi connectivity index (χ1n) is 10.2. The van der Waals surface area contributed by atoms with E-state index >= 15 is 0 Å². The molecular formula is C25H29NO4S. The number of benzene rings is 2. The zero-order valence-electron chi connectivity index (χ0n) is 18.5. The van der Waals surface area contributed by atoms with E-state index < -0.39 is 11.9 Å². The molecule has 0 aliphatic rings. The number of nitrogens with zero attached hydrogens (tertiary/aromatic N) is 1. The van der Waals surface area contributed by atoms with E-state index in [0.29, 0.717) is 16.4 Å². The SMILES string of the molecule is CCOC(=O)C(=CC=C(C(=O)OCC)N(C)C)SCc1ccc(-c2ccccc2)cc1. The minimum absolute atomic E-state index is 0.282. The van der Waals surface area contributed by atoms with Crippen LogP contribution in [-0.4, -0.2) is 44.1 Å². The van der Waals surface area contributed by atoms with E-state index in [4.69, 9.17) is 9.47 Å². The topological polar surface area (TPSA) is 55.8 Å². The summed E-state index contributed by atoms with van der Waals surface area (Å²) in [5, 5.41) is 0. The lowest BCUT2D eigenvalue weighted by Crippen LogP contribution is -2.21. The van der Waals surface area contributed by atoms with Gasteiger partial charge in [0.25, 0.3) is 0 Å². The van der Waals surface area contributed by atoms with Crippen molar-refractivity contribution in [3.63, 3.8) is 0 Å². The maximum absolute atomic E-state index is 12.4. The summed E-state index contributed by atoms with van der Waals surface area (Å²) in [4.78, 5) is 26.6.